The van der Waals surface area contributed by atoms with E-state index in [-0.39, 0.29) is 6.04 Å². The van der Waals surface area contributed by atoms with Gasteiger partial charge in [0.1, 0.15) is 0 Å². The summed E-state index contributed by atoms with van der Waals surface area (Å²) < 4.78 is 7.74. The van der Waals surface area contributed by atoms with E-state index in [9.17, 15) is 5.11 Å². The van der Waals surface area contributed by atoms with E-state index in [2.05, 4.69) is 57.1 Å². The minimum atomic E-state index is -0.396. The maximum Gasteiger partial charge on any atom is 0.244 e. The first-order valence-corrected chi connectivity index (χ1v) is 9.53. The lowest BCUT2D eigenvalue weighted by molar-refractivity contribution is 0.169. The molecule has 0 aliphatic carbocycles. The summed E-state index contributed by atoms with van der Waals surface area (Å²) in [7, 11) is 2.06. The van der Waals surface area contributed by atoms with Gasteiger partial charge in [-0.2, -0.15) is 4.98 Å². The quantitative estimate of drug-likeness (QED) is 0.592. The average Bonchev–Trinajstić information content (AvgIpc) is 3.41. The van der Waals surface area contributed by atoms with Crippen LogP contribution in [0.25, 0.3) is 22.3 Å². The van der Waals surface area contributed by atoms with Crippen molar-refractivity contribution in [3.8, 4) is 11.4 Å². The van der Waals surface area contributed by atoms with E-state index in [4.69, 9.17) is 4.52 Å². The lowest BCUT2D eigenvalue weighted by atomic mass is 10.1. The van der Waals surface area contributed by atoms with E-state index in [1.54, 1.807) is 0 Å². The maximum atomic E-state index is 10.3. The molecule has 0 unspecified atom stereocenters. The summed E-state index contributed by atoms with van der Waals surface area (Å²) in [6, 6.07) is 18.1. The Hall–Kier alpha value is -2.96. The van der Waals surface area contributed by atoms with E-state index in [1.165, 1.54) is 16.5 Å². The molecule has 0 radical (unpaired) electrons. The topological polar surface area (TPSA) is 67.3 Å². The number of β-amino-alcohol motifs (C(OH)–C–C–N with tert-alkyl or cyclic N) is 1. The number of hydrogen-bond acceptors (Lipinski definition) is 5. The number of aryl methyl sites for hydroxylation is 1. The molecule has 142 valence electrons. The lowest BCUT2D eigenvalue weighted by Gasteiger charge is -2.20. The molecule has 1 fully saturated rings. The first-order valence-electron chi connectivity index (χ1n) is 9.53. The predicted octanol–water partition coefficient (Wildman–Crippen LogP) is 3.54. The second-order valence-electron chi connectivity index (χ2n) is 7.44. The van der Waals surface area contributed by atoms with Gasteiger partial charge < -0.3 is 14.2 Å². The minimum absolute atomic E-state index is 0.0843. The van der Waals surface area contributed by atoms with Crippen LogP contribution in [-0.2, 0) is 13.6 Å². The highest BCUT2D eigenvalue weighted by molar-refractivity contribution is 5.83. The van der Waals surface area contributed by atoms with Crippen molar-refractivity contribution in [3.63, 3.8) is 0 Å². The van der Waals surface area contributed by atoms with Crippen LogP contribution < -0.4 is 0 Å². The number of nitrogens with zero attached hydrogens (tertiary/aromatic N) is 4. The van der Waals surface area contributed by atoms with Crippen molar-refractivity contribution in [3.05, 3.63) is 72.2 Å². The van der Waals surface area contributed by atoms with Gasteiger partial charge in [-0.15, -0.1) is 0 Å². The summed E-state index contributed by atoms with van der Waals surface area (Å²) in [6.07, 6.45) is 2.36. The van der Waals surface area contributed by atoms with Crippen LogP contribution in [0.5, 0.6) is 0 Å². The number of aromatic nitrogens is 3. The zero-order valence-corrected chi connectivity index (χ0v) is 15.7. The van der Waals surface area contributed by atoms with Gasteiger partial charge in [0.2, 0.25) is 11.7 Å². The van der Waals surface area contributed by atoms with E-state index in [0.717, 1.165) is 12.1 Å². The molecule has 0 saturated carbocycles. The van der Waals surface area contributed by atoms with Crippen LogP contribution in [-0.4, -0.2) is 37.4 Å². The van der Waals surface area contributed by atoms with Gasteiger partial charge in [-0.1, -0.05) is 53.7 Å². The third kappa shape index (κ3) is 3.00. The summed E-state index contributed by atoms with van der Waals surface area (Å²) in [6.45, 7) is 1.32. The molecule has 0 amide bonds. The smallest absolute Gasteiger partial charge is 0.244 e. The molecule has 2 aromatic heterocycles. The van der Waals surface area contributed by atoms with Crippen molar-refractivity contribution in [2.45, 2.75) is 25.1 Å². The summed E-state index contributed by atoms with van der Waals surface area (Å²) in [5.41, 5.74) is 3.37. The van der Waals surface area contributed by atoms with E-state index in [0.29, 0.717) is 24.7 Å². The van der Waals surface area contributed by atoms with Crippen LogP contribution in [0.4, 0.5) is 0 Å². The first kappa shape index (κ1) is 17.2. The molecule has 2 atom stereocenters. The van der Waals surface area contributed by atoms with Gasteiger partial charge in [0, 0.05) is 42.8 Å². The fourth-order valence-corrected chi connectivity index (χ4v) is 4.16. The Labute approximate surface area is 163 Å². The van der Waals surface area contributed by atoms with Crippen molar-refractivity contribution in [2.75, 3.05) is 6.54 Å². The Morgan fingerprint density at radius 2 is 1.89 bits per heavy atom. The Balaban J connectivity index is 1.44. The standard InChI is InChI=1S/C22H22N4O2/c1-25-12-16(18-9-5-6-10-19(18)25)13-26-14-17(27)11-20(26)22-23-21(24-28-22)15-7-3-2-4-8-15/h2-10,12,17,20,27H,11,13-14H2,1H3/t17-,20+/m1/s1. The predicted molar refractivity (Wildman–Crippen MR) is 106 cm³/mol. The highest BCUT2D eigenvalue weighted by Gasteiger charge is 2.36. The zero-order valence-electron chi connectivity index (χ0n) is 15.7. The van der Waals surface area contributed by atoms with Crippen LogP contribution in [0.1, 0.15) is 23.9 Å². The monoisotopic (exact) mass is 374 g/mol. The molecule has 0 spiro atoms. The van der Waals surface area contributed by atoms with Crippen LogP contribution in [0.3, 0.4) is 0 Å². The third-order valence-electron chi connectivity index (χ3n) is 5.49. The molecule has 3 heterocycles. The number of benzene rings is 2. The van der Waals surface area contributed by atoms with E-state index >= 15 is 0 Å². The molecule has 1 aliphatic heterocycles. The van der Waals surface area contributed by atoms with Crippen LogP contribution in [0.2, 0.25) is 0 Å². The van der Waals surface area contributed by atoms with Crippen LogP contribution >= 0.6 is 0 Å². The number of rotatable bonds is 4. The molecule has 28 heavy (non-hydrogen) atoms. The summed E-state index contributed by atoms with van der Waals surface area (Å²) in [5, 5.41) is 15.7. The number of likely N-dealkylation sites (tertiary alicyclic amines) is 1. The van der Waals surface area contributed by atoms with Gasteiger partial charge >= 0.3 is 0 Å². The summed E-state index contributed by atoms with van der Waals surface area (Å²) >= 11 is 0. The zero-order chi connectivity index (χ0) is 19.1. The molecular weight excluding hydrogens is 352 g/mol. The molecular formula is C22H22N4O2. The first-order chi connectivity index (χ1) is 13.7. The summed E-state index contributed by atoms with van der Waals surface area (Å²) in [4.78, 5) is 6.85. The lowest BCUT2D eigenvalue weighted by Crippen LogP contribution is -2.24. The van der Waals surface area contributed by atoms with Gasteiger partial charge in [-0.05, 0) is 18.1 Å². The number of aliphatic hydroxyl groups is 1. The number of aliphatic hydroxyl groups excluding tert-OH is 1. The molecule has 1 saturated heterocycles. The second-order valence-corrected chi connectivity index (χ2v) is 7.44. The van der Waals surface area contributed by atoms with Crippen molar-refractivity contribution < 1.29 is 9.63 Å². The Morgan fingerprint density at radius 1 is 1.11 bits per heavy atom. The molecule has 2 aromatic carbocycles. The maximum absolute atomic E-state index is 10.3. The Morgan fingerprint density at radius 3 is 2.75 bits per heavy atom. The highest BCUT2D eigenvalue weighted by atomic mass is 16.5. The second kappa shape index (κ2) is 6.89. The van der Waals surface area contributed by atoms with Crippen LogP contribution in [0.15, 0.2) is 65.3 Å². The van der Waals surface area contributed by atoms with Gasteiger partial charge in [0.25, 0.3) is 0 Å². The SMILES string of the molecule is Cn1cc(CN2C[C@H](O)C[C@H]2c2nc(-c3ccccc3)no2)c2ccccc21. The Bertz CT molecular complexity index is 1100. The molecule has 4 aromatic rings. The fraction of sp³-hybridized carbons (Fsp3) is 0.273. The molecule has 0 bridgehead atoms. The van der Waals surface area contributed by atoms with Crippen LogP contribution in [0, 0.1) is 0 Å². The van der Waals surface area contributed by atoms with E-state index in [1.807, 2.05) is 30.3 Å². The minimum Gasteiger partial charge on any atom is -0.392 e. The van der Waals surface area contributed by atoms with Gasteiger partial charge in [0.15, 0.2) is 0 Å². The normalized spacial score (nSPS) is 20.2. The van der Waals surface area contributed by atoms with Gasteiger partial charge in [-0.3, -0.25) is 4.90 Å². The van der Waals surface area contributed by atoms with Crippen molar-refractivity contribution in [2.24, 2.45) is 7.05 Å². The fourth-order valence-electron chi connectivity index (χ4n) is 4.16. The third-order valence-corrected chi connectivity index (χ3v) is 5.49. The van der Waals surface area contributed by atoms with Gasteiger partial charge in [-0.25, -0.2) is 0 Å². The average molecular weight is 374 g/mol. The summed E-state index contributed by atoms with van der Waals surface area (Å²) in [5.74, 6) is 1.15. The number of hydrogen-bond donors (Lipinski definition) is 1. The largest absolute Gasteiger partial charge is 0.392 e. The Kier molecular flexibility index (Phi) is 4.22. The molecule has 1 N–H and O–H groups in total. The van der Waals surface area contributed by atoms with Gasteiger partial charge in [0.05, 0.1) is 12.1 Å². The van der Waals surface area contributed by atoms with E-state index < -0.39 is 6.10 Å². The molecule has 5 rings (SSSR count). The van der Waals surface area contributed by atoms with Crippen molar-refractivity contribution in [1.82, 2.24) is 19.6 Å². The highest BCUT2D eigenvalue weighted by Crippen LogP contribution is 2.34. The van der Waals surface area contributed by atoms with Crippen molar-refractivity contribution >= 4 is 10.9 Å². The van der Waals surface area contributed by atoms with Crippen molar-refractivity contribution in [1.29, 1.82) is 0 Å². The number of para-hydroxylation sites is 1. The molecule has 6 heteroatoms. The molecule has 6 nitrogen and oxygen atoms in total. The molecule has 1 aliphatic rings. The number of fused-ring (bicyclic) bond motifs is 1.